The van der Waals surface area contributed by atoms with Crippen LogP contribution in [0.4, 0.5) is 0 Å². The summed E-state index contributed by atoms with van der Waals surface area (Å²) in [6.45, 7) is 4.70. The summed E-state index contributed by atoms with van der Waals surface area (Å²) in [6, 6.07) is 22.9. The summed E-state index contributed by atoms with van der Waals surface area (Å²) in [6.07, 6.45) is 11.8. The van der Waals surface area contributed by atoms with E-state index in [0.717, 1.165) is 87.2 Å². The molecule has 3 aliphatic heterocycles. The monoisotopic (exact) mass is 603 g/mol. The first-order valence-electron chi connectivity index (χ1n) is 17.3. The number of pyridine rings is 1. The summed E-state index contributed by atoms with van der Waals surface area (Å²) >= 11 is 0. The molecule has 3 fully saturated rings. The summed E-state index contributed by atoms with van der Waals surface area (Å²) in [5.74, 6) is 1.11. The third kappa shape index (κ3) is 5.13. The Morgan fingerprint density at radius 2 is 1.64 bits per heavy atom. The van der Waals surface area contributed by atoms with Gasteiger partial charge in [-0.05, 0) is 107 Å². The summed E-state index contributed by atoms with van der Waals surface area (Å²) in [5, 5.41) is 0. The van der Waals surface area contributed by atoms with Crippen LogP contribution in [0, 0.1) is 6.92 Å². The third-order valence-electron chi connectivity index (χ3n) is 11.8. The van der Waals surface area contributed by atoms with Gasteiger partial charge < -0.3 is 14.5 Å². The molecule has 2 aromatic carbocycles. The summed E-state index contributed by atoms with van der Waals surface area (Å²) in [7, 11) is 0. The lowest BCUT2D eigenvalue weighted by atomic mass is 9.70. The number of nitrogens with zero attached hydrogens (tertiary/aromatic N) is 4. The standard InChI is InChI=1S/C38H45N5O2/c1-26-39-33-13-7-8-14-35(33)43(26)30-23-28-15-16-29(24-30)42(28)22-19-38(27-9-3-2-4-10-27)17-20-41(21-18-38)37(45)34-25-36(44)31-11-5-6-12-32(31)40-34/h2-4,7-10,13-14,25,28-30H,5-6,11-12,15-24H2,1H3,(H,40,44)/t28-,29+,30+. The van der Waals surface area contributed by atoms with Gasteiger partial charge in [0, 0.05) is 48.5 Å². The predicted octanol–water partition coefficient (Wildman–Crippen LogP) is 6.34. The molecule has 234 valence electrons. The minimum atomic E-state index is -0.0235. The lowest BCUT2D eigenvalue weighted by Crippen LogP contribution is -2.49. The SMILES string of the molecule is Cc1nc2ccccc2n1[C@H]1C[C@H]2CC[C@@H](C1)N2CCC1(c2ccccc2)CCN(C(=O)c2cc(=O)c3c([nH]2)CCCC3)CC1. The molecule has 4 aromatic rings. The Balaban J connectivity index is 0.977. The highest BCUT2D eigenvalue weighted by molar-refractivity contribution is 5.92. The van der Waals surface area contributed by atoms with Crippen LogP contribution in [0.3, 0.4) is 0 Å². The Labute approximate surface area is 265 Å². The molecule has 0 unspecified atom stereocenters. The van der Waals surface area contributed by atoms with Gasteiger partial charge in [0.25, 0.3) is 5.91 Å². The number of aromatic amines is 1. The number of imidazole rings is 1. The molecule has 0 spiro atoms. The lowest BCUT2D eigenvalue weighted by molar-refractivity contribution is 0.0601. The fraction of sp³-hybridized carbons (Fsp3) is 0.500. The summed E-state index contributed by atoms with van der Waals surface area (Å²) in [5.41, 5.74) is 6.18. The normalized spacial score (nSPS) is 24.6. The third-order valence-corrected chi connectivity index (χ3v) is 11.8. The number of benzene rings is 2. The zero-order valence-electron chi connectivity index (χ0n) is 26.5. The highest BCUT2D eigenvalue weighted by atomic mass is 16.2. The maximum Gasteiger partial charge on any atom is 0.270 e. The molecule has 45 heavy (non-hydrogen) atoms. The van der Waals surface area contributed by atoms with Crippen molar-refractivity contribution < 1.29 is 4.79 Å². The van der Waals surface area contributed by atoms with Crippen LogP contribution in [0.1, 0.15) is 97.0 Å². The molecular weight excluding hydrogens is 558 g/mol. The number of piperidine rings is 2. The Morgan fingerprint density at radius 1 is 0.933 bits per heavy atom. The maximum atomic E-state index is 13.7. The van der Waals surface area contributed by atoms with Crippen LogP contribution >= 0.6 is 0 Å². The topological polar surface area (TPSA) is 74.2 Å². The molecule has 8 rings (SSSR count). The van der Waals surface area contributed by atoms with Crippen molar-refractivity contribution in [2.24, 2.45) is 0 Å². The number of para-hydroxylation sites is 2. The van der Waals surface area contributed by atoms with Crippen LogP contribution in [0.2, 0.25) is 0 Å². The van der Waals surface area contributed by atoms with Gasteiger partial charge in [-0.1, -0.05) is 42.5 Å². The number of carbonyl (C=O) groups is 1. The van der Waals surface area contributed by atoms with Crippen molar-refractivity contribution in [3.8, 4) is 0 Å². The average molecular weight is 604 g/mol. The van der Waals surface area contributed by atoms with Gasteiger partial charge in [-0.25, -0.2) is 4.98 Å². The van der Waals surface area contributed by atoms with Crippen molar-refractivity contribution >= 4 is 16.9 Å². The van der Waals surface area contributed by atoms with E-state index in [0.29, 0.717) is 23.8 Å². The van der Waals surface area contributed by atoms with E-state index in [1.807, 2.05) is 4.90 Å². The summed E-state index contributed by atoms with van der Waals surface area (Å²) in [4.78, 5) is 39.5. The first kappa shape index (κ1) is 28.7. The second-order valence-corrected chi connectivity index (χ2v) is 14.2. The first-order chi connectivity index (χ1) is 22.0. The van der Waals surface area contributed by atoms with Crippen molar-refractivity contribution in [2.75, 3.05) is 19.6 Å². The number of hydrogen-bond acceptors (Lipinski definition) is 4. The van der Waals surface area contributed by atoms with E-state index < -0.39 is 0 Å². The predicted molar refractivity (Wildman–Crippen MR) is 178 cm³/mol. The van der Waals surface area contributed by atoms with Crippen LogP contribution < -0.4 is 5.43 Å². The van der Waals surface area contributed by atoms with Gasteiger partial charge in [0.1, 0.15) is 11.5 Å². The van der Waals surface area contributed by atoms with E-state index in [-0.39, 0.29) is 16.8 Å². The molecule has 5 heterocycles. The molecule has 3 atom stereocenters. The van der Waals surface area contributed by atoms with Crippen molar-refractivity contribution in [1.82, 2.24) is 24.3 Å². The first-order valence-corrected chi connectivity index (χ1v) is 17.3. The number of carbonyl (C=O) groups excluding carboxylic acids is 1. The quantitative estimate of drug-likeness (QED) is 0.279. The van der Waals surface area contributed by atoms with Crippen LogP contribution in [0.5, 0.6) is 0 Å². The number of hydrogen-bond donors (Lipinski definition) is 1. The van der Waals surface area contributed by atoms with E-state index in [9.17, 15) is 9.59 Å². The molecule has 2 bridgehead atoms. The molecule has 7 heteroatoms. The van der Waals surface area contributed by atoms with Crippen LogP contribution in [0.15, 0.2) is 65.5 Å². The van der Waals surface area contributed by atoms with E-state index in [2.05, 4.69) is 76.0 Å². The smallest absolute Gasteiger partial charge is 0.270 e. The number of amides is 1. The van der Waals surface area contributed by atoms with Crippen LogP contribution in [0.25, 0.3) is 11.0 Å². The Morgan fingerprint density at radius 3 is 2.42 bits per heavy atom. The van der Waals surface area contributed by atoms with Crippen LogP contribution in [-0.4, -0.2) is 62.0 Å². The van der Waals surface area contributed by atoms with Crippen molar-refractivity contribution in [3.05, 3.63) is 99.2 Å². The fourth-order valence-electron chi connectivity index (χ4n) is 9.42. The van der Waals surface area contributed by atoms with E-state index in [1.54, 1.807) is 6.07 Å². The second-order valence-electron chi connectivity index (χ2n) is 14.2. The molecule has 3 saturated heterocycles. The van der Waals surface area contributed by atoms with Gasteiger partial charge in [0.05, 0.1) is 11.0 Å². The lowest BCUT2D eigenvalue weighted by Gasteiger charge is -2.45. The molecule has 1 N–H and O–H groups in total. The highest BCUT2D eigenvalue weighted by Gasteiger charge is 2.44. The minimum Gasteiger partial charge on any atom is -0.354 e. The number of rotatable bonds is 6. The number of H-pyrrole nitrogens is 1. The van der Waals surface area contributed by atoms with E-state index in [1.165, 1.54) is 36.8 Å². The molecule has 1 amide bonds. The Kier molecular flexibility index (Phi) is 7.40. The molecule has 2 aromatic heterocycles. The molecule has 0 saturated carbocycles. The van der Waals surface area contributed by atoms with Crippen molar-refractivity contribution in [1.29, 1.82) is 0 Å². The minimum absolute atomic E-state index is 0.0235. The maximum absolute atomic E-state index is 13.7. The molecular formula is C38H45N5O2. The highest BCUT2D eigenvalue weighted by Crippen LogP contribution is 2.45. The largest absolute Gasteiger partial charge is 0.354 e. The molecule has 1 aliphatic carbocycles. The van der Waals surface area contributed by atoms with Crippen molar-refractivity contribution in [2.45, 2.75) is 101 Å². The van der Waals surface area contributed by atoms with Crippen molar-refractivity contribution in [3.63, 3.8) is 0 Å². The second kappa shape index (κ2) is 11.6. The number of nitrogens with one attached hydrogen (secondary N) is 1. The van der Waals surface area contributed by atoms with E-state index in [4.69, 9.17) is 4.98 Å². The van der Waals surface area contributed by atoms with Gasteiger partial charge in [-0.3, -0.25) is 14.5 Å². The molecule has 4 aliphatic rings. The Bertz CT molecular complexity index is 1750. The molecule has 7 nitrogen and oxygen atoms in total. The number of aryl methyl sites for hydroxylation is 2. The van der Waals surface area contributed by atoms with Gasteiger partial charge in [-0.15, -0.1) is 0 Å². The summed E-state index contributed by atoms with van der Waals surface area (Å²) < 4.78 is 2.52. The molecule has 0 radical (unpaired) electrons. The van der Waals surface area contributed by atoms with E-state index >= 15 is 0 Å². The number of aromatic nitrogens is 3. The number of fused-ring (bicyclic) bond motifs is 4. The Hall–Kier alpha value is -3.71. The van der Waals surface area contributed by atoms with Gasteiger partial charge >= 0.3 is 0 Å². The average Bonchev–Trinajstić information content (AvgIpc) is 3.54. The zero-order chi connectivity index (χ0) is 30.5. The fourth-order valence-corrected chi connectivity index (χ4v) is 9.42. The zero-order valence-corrected chi connectivity index (χ0v) is 26.5. The number of likely N-dealkylation sites (tertiary alicyclic amines) is 1. The van der Waals surface area contributed by atoms with Crippen LogP contribution in [-0.2, 0) is 18.3 Å². The van der Waals surface area contributed by atoms with Gasteiger partial charge in [0.2, 0.25) is 0 Å². The van der Waals surface area contributed by atoms with Gasteiger partial charge in [0.15, 0.2) is 5.43 Å². The van der Waals surface area contributed by atoms with Gasteiger partial charge in [-0.2, -0.15) is 0 Å².